The predicted octanol–water partition coefficient (Wildman–Crippen LogP) is 4.00. The topological polar surface area (TPSA) is 83.2 Å². The largest absolute Gasteiger partial charge is 0.479 e. The summed E-state index contributed by atoms with van der Waals surface area (Å²) in [5, 5.41) is 18.8. The normalized spacial score (nSPS) is 10.3. The maximum Gasteiger partial charge on any atom is 0.341 e. The third-order valence-corrected chi connectivity index (χ3v) is 3.89. The minimum Gasteiger partial charge on any atom is -0.479 e. The van der Waals surface area contributed by atoms with Crippen LogP contribution in [0.2, 0.25) is 0 Å². The first-order chi connectivity index (χ1) is 11.6. The number of nitriles is 1. The molecule has 0 fully saturated rings. The third-order valence-electron chi connectivity index (χ3n) is 3.39. The lowest BCUT2D eigenvalue weighted by Crippen LogP contribution is -2.10. The Labute approximate surface area is 146 Å². The number of aromatic nitrogens is 1. The molecule has 0 saturated heterocycles. The van der Waals surface area contributed by atoms with E-state index in [1.54, 1.807) is 24.3 Å². The Hall–Kier alpha value is -2.91. The number of carboxylic acids is 1. The van der Waals surface area contributed by atoms with Crippen LogP contribution in [0.4, 0.5) is 0 Å². The van der Waals surface area contributed by atoms with E-state index in [4.69, 9.17) is 15.1 Å². The summed E-state index contributed by atoms with van der Waals surface area (Å²) in [7, 11) is 0. The third kappa shape index (κ3) is 3.36. The van der Waals surface area contributed by atoms with Crippen LogP contribution in [-0.2, 0) is 4.79 Å². The Balaban J connectivity index is 2.20. The fourth-order valence-corrected chi connectivity index (χ4v) is 2.74. The van der Waals surface area contributed by atoms with E-state index in [0.717, 1.165) is 21.0 Å². The lowest BCUT2D eigenvalue weighted by atomic mass is 9.99. The number of hydrogen-bond donors (Lipinski definition) is 1. The summed E-state index contributed by atoms with van der Waals surface area (Å²) in [4.78, 5) is 15.1. The van der Waals surface area contributed by atoms with E-state index in [9.17, 15) is 4.79 Å². The zero-order valence-electron chi connectivity index (χ0n) is 12.4. The van der Waals surface area contributed by atoms with Crippen molar-refractivity contribution in [2.75, 3.05) is 6.61 Å². The van der Waals surface area contributed by atoms with Crippen molar-refractivity contribution in [3.8, 4) is 23.1 Å². The van der Waals surface area contributed by atoms with Crippen molar-refractivity contribution >= 4 is 32.8 Å². The van der Waals surface area contributed by atoms with Crippen LogP contribution >= 0.6 is 15.9 Å². The van der Waals surface area contributed by atoms with Crippen LogP contribution in [0.1, 0.15) is 5.56 Å². The van der Waals surface area contributed by atoms with Crippen molar-refractivity contribution in [3.05, 3.63) is 58.6 Å². The van der Waals surface area contributed by atoms with Crippen LogP contribution in [0.5, 0.6) is 5.88 Å². The van der Waals surface area contributed by atoms with Crippen LogP contribution in [0.15, 0.2) is 53.0 Å². The Bertz CT molecular complexity index is 980. The fourth-order valence-electron chi connectivity index (χ4n) is 2.38. The first-order valence-corrected chi connectivity index (χ1v) is 7.81. The molecule has 0 saturated carbocycles. The second kappa shape index (κ2) is 6.69. The minimum atomic E-state index is -1.07. The molecule has 1 aromatic heterocycles. The molecule has 0 aliphatic heterocycles. The van der Waals surface area contributed by atoms with Gasteiger partial charge in [-0.15, -0.1) is 0 Å². The van der Waals surface area contributed by atoms with Crippen molar-refractivity contribution in [2.45, 2.75) is 0 Å². The van der Waals surface area contributed by atoms with Gasteiger partial charge in [-0.2, -0.15) is 5.26 Å². The van der Waals surface area contributed by atoms with E-state index < -0.39 is 12.6 Å². The molecule has 6 heteroatoms. The van der Waals surface area contributed by atoms with Gasteiger partial charge in [0, 0.05) is 15.9 Å². The predicted molar refractivity (Wildman–Crippen MR) is 92.7 cm³/mol. The van der Waals surface area contributed by atoms with Gasteiger partial charge in [-0.05, 0) is 41.5 Å². The van der Waals surface area contributed by atoms with Crippen molar-refractivity contribution in [1.29, 1.82) is 5.26 Å². The van der Waals surface area contributed by atoms with Crippen LogP contribution in [0.25, 0.3) is 22.0 Å². The number of rotatable bonds is 4. The molecule has 1 heterocycles. The second-order valence-corrected chi connectivity index (χ2v) is 5.96. The van der Waals surface area contributed by atoms with Crippen LogP contribution in [0.3, 0.4) is 0 Å². The van der Waals surface area contributed by atoms with Gasteiger partial charge in [0.1, 0.15) is 0 Å². The number of nitrogens with zero attached hydrogens (tertiary/aromatic N) is 2. The van der Waals surface area contributed by atoms with Crippen molar-refractivity contribution < 1.29 is 14.6 Å². The molecular weight excluding hydrogens is 372 g/mol. The summed E-state index contributed by atoms with van der Waals surface area (Å²) in [5.74, 6) is -0.842. The number of halogens is 1. The molecule has 0 radical (unpaired) electrons. The smallest absolute Gasteiger partial charge is 0.341 e. The number of carboxylic acid groups (broad SMARTS) is 1. The summed E-state index contributed by atoms with van der Waals surface area (Å²) in [5.41, 5.74) is 2.87. The first-order valence-electron chi connectivity index (χ1n) is 7.02. The molecule has 24 heavy (non-hydrogen) atoms. The lowest BCUT2D eigenvalue weighted by molar-refractivity contribution is -0.139. The summed E-state index contributed by atoms with van der Waals surface area (Å²) in [6.07, 6.45) is 0. The van der Waals surface area contributed by atoms with Crippen molar-refractivity contribution in [1.82, 2.24) is 4.98 Å². The molecule has 0 unspecified atom stereocenters. The zero-order valence-corrected chi connectivity index (χ0v) is 13.9. The fraction of sp³-hybridized carbons (Fsp3) is 0.0556. The molecule has 0 atom stereocenters. The average Bonchev–Trinajstić information content (AvgIpc) is 2.59. The van der Waals surface area contributed by atoms with E-state index in [1.807, 2.05) is 24.3 Å². The summed E-state index contributed by atoms with van der Waals surface area (Å²) < 4.78 is 6.13. The van der Waals surface area contributed by atoms with Gasteiger partial charge in [0.05, 0.1) is 17.1 Å². The Morgan fingerprint density at radius 1 is 1.25 bits per heavy atom. The number of benzene rings is 2. The van der Waals surface area contributed by atoms with Gasteiger partial charge >= 0.3 is 5.97 Å². The molecule has 0 amide bonds. The van der Waals surface area contributed by atoms with Crippen LogP contribution in [0, 0.1) is 11.3 Å². The summed E-state index contributed by atoms with van der Waals surface area (Å²) >= 11 is 3.45. The molecule has 5 nitrogen and oxygen atoms in total. The van der Waals surface area contributed by atoms with Gasteiger partial charge in [0.25, 0.3) is 0 Å². The number of fused-ring (bicyclic) bond motifs is 1. The highest BCUT2D eigenvalue weighted by molar-refractivity contribution is 9.10. The van der Waals surface area contributed by atoms with E-state index in [-0.39, 0.29) is 5.88 Å². The van der Waals surface area contributed by atoms with Crippen LogP contribution < -0.4 is 4.74 Å². The molecule has 0 spiro atoms. The molecule has 2 aromatic carbocycles. The molecule has 0 bridgehead atoms. The minimum absolute atomic E-state index is 0.226. The van der Waals surface area contributed by atoms with Gasteiger partial charge in [-0.1, -0.05) is 28.1 Å². The Morgan fingerprint density at radius 3 is 2.83 bits per heavy atom. The van der Waals surface area contributed by atoms with Crippen molar-refractivity contribution in [2.24, 2.45) is 0 Å². The Kier molecular flexibility index (Phi) is 4.45. The zero-order chi connectivity index (χ0) is 17.1. The van der Waals surface area contributed by atoms with E-state index in [1.165, 1.54) is 0 Å². The van der Waals surface area contributed by atoms with Gasteiger partial charge in [-0.3, -0.25) is 0 Å². The number of pyridine rings is 1. The number of ether oxygens (including phenoxy) is 1. The van der Waals surface area contributed by atoms with E-state index >= 15 is 0 Å². The summed E-state index contributed by atoms with van der Waals surface area (Å²) in [6, 6.07) is 16.6. The van der Waals surface area contributed by atoms with E-state index in [2.05, 4.69) is 27.0 Å². The molecular formula is C18H11BrN2O3. The monoisotopic (exact) mass is 382 g/mol. The van der Waals surface area contributed by atoms with Gasteiger partial charge in [-0.25, -0.2) is 9.78 Å². The Morgan fingerprint density at radius 2 is 2.08 bits per heavy atom. The van der Waals surface area contributed by atoms with Crippen LogP contribution in [-0.4, -0.2) is 22.7 Å². The first kappa shape index (κ1) is 16.0. The molecule has 3 aromatic rings. The van der Waals surface area contributed by atoms with Gasteiger partial charge < -0.3 is 9.84 Å². The van der Waals surface area contributed by atoms with Crippen molar-refractivity contribution in [3.63, 3.8) is 0 Å². The number of hydrogen-bond acceptors (Lipinski definition) is 4. The molecule has 3 rings (SSSR count). The maximum atomic E-state index is 10.7. The number of carbonyl (C=O) groups is 1. The number of aliphatic carboxylic acids is 1. The van der Waals surface area contributed by atoms with Gasteiger partial charge in [0.15, 0.2) is 6.61 Å². The SMILES string of the molecule is N#Cc1cccc(-c2cc(OCC(=O)O)nc3ccc(Br)cc23)c1. The molecule has 0 aliphatic rings. The van der Waals surface area contributed by atoms with E-state index in [0.29, 0.717) is 11.1 Å². The molecule has 118 valence electrons. The quantitative estimate of drug-likeness (QED) is 0.736. The lowest BCUT2D eigenvalue weighted by Gasteiger charge is -2.11. The standard InChI is InChI=1S/C18H11BrN2O3/c19-13-4-5-16-15(7-13)14(8-17(21-16)24-10-18(22)23)12-3-1-2-11(6-12)9-20/h1-8H,10H2,(H,22,23). The highest BCUT2D eigenvalue weighted by Gasteiger charge is 2.11. The summed E-state index contributed by atoms with van der Waals surface area (Å²) in [6.45, 7) is -0.466. The second-order valence-electron chi connectivity index (χ2n) is 5.04. The average molecular weight is 383 g/mol. The highest BCUT2D eigenvalue weighted by atomic mass is 79.9. The van der Waals surface area contributed by atoms with Gasteiger partial charge in [0.2, 0.25) is 5.88 Å². The molecule has 0 aliphatic carbocycles. The highest BCUT2D eigenvalue weighted by Crippen LogP contribution is 2.33. The molecule has 1 N–H and O–H groups in total. The maximum absolute atomic E-state index is 10.7.